The highest BCUT2D eigenvalue weighted by molar-refractivity contribution is 8.00. The molecule has 0 saturated carbocycles. The lowest BCUT2D eigenvalue weighted by Gasteiger charge is -2.40. The van der Waals surface area contributed by atoms with Crippen LogP contribution in [-0.2, 0) is 9.59 Å². The van der Waals surface area contributed by atoms with Crippen molar-refractivity contribution in [3.8, 4) is 0 Å². The van der Waals surface area contributed by atoms with Crippen molar-refractivity contribution in [1.29, 1.82) is 0 Å². The third-order valence-corrected chi connectivity index (χ3v) is 4.82. The molecule has 0 aromatic heterocycles. The smallest absolute Gasteiger partial charge is 0.241 e. The monoisotopic (exact) mass is 257 g/mol. The van der Waals surface area contributed by atoms with E-state index in [1.54, 1.807) is 0 Å². The fourth-order valence-corrected chi connectivity index (χ4v) is 3.28. The van der Waals surface area contributed by atoms with E-state index in [4.69, 9.17) is 0 Å². The Kier molecular flexibility index (Phi) is 3.93. The van der Waals surface area contributed by atoms with Gasteiger partial charge >= 0.3 is 0 Å². The van der Waals surface area contributed by atoms with Gasteiger partial charge in [0.15, 0.2) is 0 Å². The van der Waals surface area contributed by atoms with Gasteiger partial charge in [-0.15, -0.1) is 0 Å². The topological polar surface area (TPSA) is 61.4 Å². The van der Waals surface area contributed by atoms with E-state index in [1.807, 2.05) is 16.7 Å². The molecule has 17 heavy (non-hydrogen) atoms. The highest BCUT2D eigenvalue weighted by atomic mass is 32.2. The molecule has 5 nitrogen and oxygen atoms in total. The summed E-state index contributed by atoms with van der Waals surface area (Å²) in [5, 5.41) is 6.19. The van der Waals surface area contributed by atoms with Crippen molar-refractivity contribution in [2.45, 2.75) is 31.2 Å². The second-order valence-electron chi connectivity index (χ2n) is 4.59. The van der Waals surface area contributed by atoms with Crippen LogP contribution in [0.5, 0.6) is 0 Å². The summed E-state index contributed by atoms with van der Waals surface area (Å²) in [6, 6.07) is 0.00567. The van der Waals surface area contributed by atoms with E-state index >= 15 is 0 Å². The molecule has 0 aliphatic carbocycles. The van der Waals surface area contributed by atoms with Crippen molar-refractivity contribution in [3.63, 3.8) is 0 Å². The number of thioether (sulfide) groups is 1. The minimum Gasteiger partial charge on any atom is -0.353 e. The molecule has 2 fully saturated rings. The molecule has 2 N–H and O–H groups in total. The average molecular weight is 257 g/mol. The summed E-state index contributed by atoms with van der Waals surface area (Å²) in [5.41, 5.74) is 0. The van der Waals surface area contributed by atoms with Crippen LogP contribution in [0.1, 0.15) is 13.8 Å². The van der Waals surface area contributed by atoms with Gasteiger partial charge in [0.1, 0.15) is 6.04 Å². The van der Waals surface area contributed by atoms with Gasteiger partial charge in [-0.25, -0.2) is 0 Å². The zero-order valence-corrected chi connectivity index (χ0v) is 11.0. The number of carbonyl (C=O) groups excluding carboxylic acids is 2. The molecule has 2 amide bonds. The van der Waals surface area contributed by atoms with Gasteiger partial charge < -0.3 is 10.2 Å². The second-order valence-corrected chi connectivity index (χ2v) is 6.07. The third-order valence-electron chi connectivity index (χ3n) is 3.48. The number of hydrogen-bond donors (Lipinski definition) is 2. The van der Waals surface area contributed by atoms with Crippen LogP contribution in [0.4, 0.5) is 0 Å². The summed E-state index contributed by atoms with van der Waals surface area (Å²) in [4.78, 5) is 25.3. The normalized spacial score (nSPS) is 34.4. The van der Waals surface area contributed by atoms with E-state index in [2.05, 4.69) is 24.5 Å². The summed E-state index contributed by atoms with van der Waals surface area (Å²) in [6.07, 6.45) is 0. The first-order valence-electron chi connectivity index (χ1n) is 6.01. The molecule has 2 rings (SSSR count). The predicted octanol–water partition coefficient (Wildman–Crippen LogP) is -0.573. The molecular formula is C11H19N3O2S. The Balaban J connectivity index is 1.96. The Bertz CT molecular complexity index is 314. The van der Waals surface area contributed by atoms with Crippen molar-refractivity contribution in [2.75, 3.05) is 25.4 Å². The van der Waals surface area contributed by atoms with Gasteiger partial charge in [0.25, 0.3) is 0 Å². The van der Waals surface area contributed by atoms with Gasteiger partial charge in [0.2, 0.25) is 11.8 Å². The predicted molar refractivity (Wildman–Crippen MR) is 67.9 cm³/mol. The molecule has 2 saturated heterocycles. The quantitative estimate of drug-likeness (QED) is 0.660. The van der Waals surface area contributed by atoms with Crippen LogP contribution in [0.25, 0.3) is 0 Å². The summed E-state index contributed by atoms with van der Waals surface area (Å²) >= 11 is 1.91. The van der Waals surface area contributed by atoms with E-state index in [1.165, 1.54) is 0 Å². The van der Waals surface area contributed by atoms with Crippen LogP contribution in [0.15, 0.2) is 0 Å². The molecule has 0 radical (unpaired) electrons. The summed E-state index contributed by atoms with van der Waals surface area (Å²) in [6.45, 7) is 5.70. The molecule has 0 aromatic rings. The minimum absolute atomic E-state index is 0.0373. The number of nitrogens with zero attached hydrogens (tertiary/aromatic N) is 1. The first-order valence-corrected chi connectivity index (χ1v) is 7.06. The zero-order chi connectivity index (χ0) is 12.4. The Morgan fingerprint density at radius 2 is 2.24 bits per heavy atom. The summed E-state index contributed by atoms with van der Waals surface area (Å²) < 4.78 is 0. The number of nitrogens with one attached hydrogen (secondary N) is 2. The number of rotatable bonds is 1. The van der Waals surface area contributed by atoms with Crippen LogP contribution in [-0.4, -0.2) is 59.4 Å². The molecule has 3 atom stereocenters. The van der Waals surface area contributed by atoms with E-state index in [0.717, 1.165) is 12.3 Å². The Morgan fingerprint density at radius 1 is 1.47 bits per heavy atom. The van der Waals surface area contributed by atoms with E-state index in [9.17, 15) is 9.59 Å². The lowest BCUT2D eigenvalue weighted by Crippen LogP contribution is -2.61. The van der Waals surface area contributed by atoms with Crippen LogP contribution in [0, 0.1) is 0 Å². The van der Waals surface area contributed by atoms with Gasteiger partial charge in [-0.2, -0.15) is 11.8 Å². The van der Waals surface area contributed by atoms with Crippen LogP contribution < -0.4 is 10.6 Å². The van der Waals surface area contributed by atoms with Crippen molar-refractivity contribution >= 4 is 23.6 Å². The maximum atomic E-state index is 12.3. The maximum absolute atomic E-state index is 12.3. The fourth-order valence-electron chi connectivity index (χ4n) is 2.19. The lowest BCUT2D eigenvalue weighted by molar-refractivity contribution is -0.136. The first kappa shape index (κ1) is 12.7. The van der Waals surface area contributed by atoms with Crippen molar-refractivity contribution < 1.29 is 9.59 Å². The van der Waals surface area contributed by atoms with E-state index in [-0.39, 0.29) is 30.4 Å². The lowest BCUT2D eigenvalue weighted by atomic mass is 10.1. The van der Waals surface area contributed by atoms with Crippen molar-refractivity contribution in [3.05, 3.63) is 0 Å². The minimum atomic E-state index is -0.259. The summed E-state index contributed by atoms with van der Waals surface area (Å²) in [7, 11) is 0. The first-order chi connectivity index (χ1) is 8.09. The Hall–Kier alpha value is -0.750. The molecule has 6 heteroatoms. The van der Waals surface area contributed by atoms with Crippen LogP contribution in [0.3, 0.4) is 0 Å². The number of hydrogen-bond acceptors (Lipinski definition) is 4. The standard InChI is InChI=1S/C11H19N3O2S/c1-7-8(2)17-4-3-14(7)11(16)9-5-13-10(15)6-12-9/h7-9,12H,3-6H2,1-2H3,(H,13,15). The highest BCUT2D eigenvalue weighted by Gasteiger charge is 2.34. The van der Waals surface area contributed by atoms with Gasteiger partial charge in [0.05, 0.1) is 6.54 Å². The molecule has 2 aliphatic rings. The van der Waals surface area contributed by atoms with Gasteiger partial charge in [-0.1, -0.05) is 6.92 Å². The molecule has 0 spiro atoms. The highest BCUT2D eigenvalue weighted by Crippen LogP contribution is 2.24. The maximum Gasteiger partial charge on any atom is 0.241 e. The molecule has 0 aromatic carbocycles. The second kappa shape index (κ2) is 5.27. The number of carbonyl (C=O) groups is 2. The van der Waals surface area contributed by atoms with Crippen LogP contribution in [0.2, 0.25) is 0 Å². The fraction of sp³-hybridized carbons (Fsp3) is 0.818. The zero-order valence-electron chi connectivity index (χ0n) is 10.2. The molecule has 3 unspecified atom stereocenters. The third kappa shape index (κ3) is 2.74. The Labute approximate surface area is 106 Å². The van der Waals surface area contributed by atoms with Gasteiger partial charge in [0, 0.05) is 30.1 Å². The van der Waals surface area contributed by atoms with E-state index in [0.29, 0.717) is 11.8 Å². The van der Waals surface area contributed by atoms with Crippen LogP contribution >= 0.6 is 11.8 Å². The largest absolute Gasteiger partial charge is 0.353 e. The SMILES string of the molecule is CC1SCCN(C(=O)C2CNC(=O)CN2)C1C. The Morgan fingerprint density at radius 3 is 2.88 bits per heavy atom. The molecule has 0 bridgehead atoms. The molecule has 2 aliphatic heterocycles. The number of amides is 2. The van der Waals surface area contributed by atoms with Gasteiger partial charge in [-0.05, 0) is 6.92 Å². The molecule has 2 heterocycles. The van der Waals surface area contributed by atoms with Crippen molar-refractivity contribution in [1.82, 2.24) is 15.5 Å². The molecule has 96 valence electrons. The average Bonchev–Trinajstić information content (AvgIpc) is 2.33. The van der Waals surface area contributed by atoms with Gasteiger partial charge in [-0.3, -0.25) is 14.9 Å². The summed E-state index contributed by atoms with van der Waals surface area (Å²) in [5.74, 6) is 1.07. The molecular weight excluding hydrogens is 238 g/mol. The number of piperazine rings is 1. The van der Waals surface area contributed by atoms with Crippen molar-refractivity contribution in [2.24, 2.45) is 0 Å². The van der Waals surface area contributed by atoms with E-state index < -0.39 is 0 Å².